The monoisotopic (exact) mass is 261 g/mol. The van der Waals surface area contributed by atoms with Crippen LogP contribution in [0.4, 0.5) is 0 Å². The lowest BCUT2D eigenvalue weighted by atomic mass is 9.59. The lowest BCUT2D eigenvalue weighted by molar-refractivity contribution is 0.149. The molecule has 0 aromatic heterocycles. The number of hydrogen-bond donors (Lipinski definition) is 1. The van der Waals surface area contributed by atoms with Crippen molar-refractivity contribution in [1.82, 2.24) is 5.32 Å². The Morgan fingerprint density at radius 1 is 1.37 bits per heavy atom. The van der Waals surface area contributed by atoms with Gasteiger partial charge in [-0.3, -0.25) is 0 Å². The van der Waals surface area contributed by atoms with Gasteiger partial charge in [0.15, 0.2) is 0 Å². The van der Waals surface area contributed by atoms with Gasteiger partial charge < -0.3 is 10.1 Å². The van der Waals surface area contributed by atoms with Gasteiger partial charge in [0.05, 0.1) is 7.11 Å². The van der Waals surface area contributed by atoms with Crippen LogP contribution in [-0.4, -0.2) is 19.7 Å². The van der Waals surface area contributed by atoms with Crippen LogP contribution in [0.2, 0.25) is 0 Å². The predicted molar refractivity (Wildman–Crippen MR) is 80.9 cm³/mol. The molecule has 1 fully saturated rings. The molecule has 0 spiro atoms. The highest BCUT2D eigenvalue weighted by atomic mass is 16.5. The molecule has 1 aliphatic carbocycles. The molecule has 1 aromatic rings. The second-order valence-corrected chi connectivity index (χ2v) is 6.51. The zero-order chi connectivity index (χ0) is 14.0. The zero-order valence-corrected chi connectivity index (χ0v) is 12.9. The van der Waals surface area contributed by atoms with Crippen molar-refractivity contribution in [3.05, 3.63) is 29.3 Å². The number of aryl methyl sites for hydroxylation is 1. The van der Waals surface area contributed by atoms with Gasteiger partial charge in [-0.25, -0.2) is 0 Å². The first kappa shape index (κ1) is 14.4. The maximum absolute atomic E-state index is 5.48. The van der Waals surface area contributed by atoms with Crippen molar-refractivity contribution in [3.8, 4) is 5.75 Å². The fraction of sp³-hybridized carbons (Fsp3) is 0.647. The SMILES string of the molecule is COc1cc(C2(CNC(C)C)CC(C)C2)ccc1C. The predicted octanol–water partition coefficient (Wildman–Crippen LogP) is 3.67. The highest BCUT2D eigenvalue weighted by Crippen LogP contribution is 2.48. The summed E-state index contributed by atoms with van der Waals surface area (Å²) in [6.07, 6.45) is 2.55. The van der Waals surface area contributed by atoms with Crippen molar-refractivity contribution in [2.24, 2.45) is 5.92 Å². The summed E-state index contributed by atoms with van der Waals surface area (Å²) in [5.74, 6) is 1.85. The molecule has 0 atom stereocenters. The summed E-state index contributed by atoms with van der Waals surface area (Å²) >= 11 is 0. The average molecular weight is 261 g/mol. The fourth-order valence-electron chi connectivity index (χ4n) is 3.31. The summed E-state index contributed by atoms with van der Waals surface area (Å²) in [6, 6.07) is 7.25. The Bertz CT molecular complexity index is 433. The van der Waals surface area contributed by atoms with Gasteiger partial charge in [-0.15, -0.1) is 0 Å². The fourth-order valence-corrected chi connectivity index (χ4v) is 3.31. The average Bonchev–Trinajstić information content (AvgIpc) is 2.33. The molecule has 0 unspecified atom stereocenters. The molecule has 0 radical (unpaired) electrons. The molecule has 106 valence electrons. The van der Waals surface area contributed by atoms with Gasteiger partial charge in [0.2, 0.25) is 0 Å². The summed E-state index contributed by atoms with van der Waals surface area (Å²) in [7, 11) is 1.76. The van der Waals surface area contributed by atoms with E-state index in [0.29, 0.717) is 11.5 Å². The van der Waals surface area contributed by atoms with Gasteiger partial charge in [0, 0.05) is 18.0 Å². The Balaban J connectivity index is 2.24. The van der Waals surface area contributed by atoms with Gasteiger partial charge in [-0.05, 0) is 42.9 Å². The van der Waals surface area contributed by atoms with Crippen molar-refractivity contribution in [2.75, 3.05) is 13.7 Å². The lowest BCUT2D eigenvalue weighted by Gasteiger charge is -2.48. The summed E-state index contributed by atoms with van der Waals surface area (Å²) in [4.78, 5) is 0. The number of methoxy groups -OCH3 is 1. The van der Waals surface area contributed by atoms with Gasteiger partial charge in [-0.2, -0.15) is 0 Å². The molecule has 1 saturated carbocycles. The van der Waals surface area contributed by atoms with Gasteiger partial charge >= 0.3 is 0 Å². The second kappa shape index (κ2) is 5.54. The standard InChI is InChI=1S/C17H27NO/c1-12(2)18-11-17(9-13(3)10-17)15-7-6-14(4)16(8-15)19-5/h6-8,12-13,18H,9-11H2,1-5H3. The second-order valence-electron chi connectivity index (χ2n) is 6.51. The number of hydrogen-bond acceptors (Lipinski definition) is 2. The third-order valence-electron chi connectivity index (χ3n) is 4.35. The van der Waals surface area contributed by atoms with E-state index >= 15 is 0 Å². The summed E-state index contributed by atoms with van der Waals surface area (Å²) < 4.78 is 5.48. The number of nitrogens with one attached hydrogen (secondary N) is 1. The number of ether oxygens (including phenoxy) is 1. The highest BCUT2D eigenvalue weighted by Gasteiger charge is 2.43. The summed E-state index contributed by atoms with van der Waals surface area (Å²) in [5.41, 5.74) is 2.96. The first-order valence-corrected chi connectivity index (χ1v) is 7.35. The zero-order valence-electron chi connectivity index (χ0n) is 12.9. The molecule has 0 bridgehead atoms. The molecule has 0 aliphatic heterocycles. The first-order valence-electron chi connectivity index (χ1n) is 7.35. The molecule has 1 aromatic carbocycles. The Hall–Kier alpha value is -1.02. The topological polar surface area (TPSA) is 21.3 Å². The van der Waals surface area contributed by atoms with E-state index in [1.165, 1.54) is 24.0 Å². The smallest absolute Gasteiger partial charge is 0.122 e. The van der Waals surface area contributed by atoms with E-state index in [0.717, 1.165) is 18.2 Å². The Morgan fingerprint density at radius 3 is 2.58 bits per heavy atom. The van der Waals surface area contributed by atoms with Crippen LogP contribution in [0, 0.1) is 12.8 Å². The van der Waals surface area contributed by atoms with E-state index in [4.69, 9.17) is 4.74 Å². The largest absolute Gasteiger partial charge is 0.496 e. The number of benzene rings is 1. The quantitative estimate of drug-likeness (QED) is 0.873. The van der Waals surface area contributed by atoms with E-state index < -0.39 is 0 Å². The van der Waals surface area contributed by atoms with E-state index in [-0.39, 0.29) is 0 Å². The van der Waals surface area contributed by atoms with Crippen LogP contribution >= 0.6 is 0 Å². The molecule has 1 aliphatic rings. The van der Waals surface area contributed by atoms with E-state index in [1.54, 1.807) is 7.11 Å². The van der Waals surface area contributed by atoms with Crippen LogP contribution in [0.3, 0.4) is 0 Å². The van der Waals surface area contributed by atoms with Crippen LogP contribution in [-0.2, 0) is 5.41 Å². The maximum Gasteiger partial charge on any atom is 0.122 e. The number of rotatable bonds is 5. The van der Waals surface area contributed by atoms with Crippen molar-refractivity contribution in [1.29, 1.82) is 0 Å². The Kier molecular flexibility index (Phi) is 4.19. The molecule has 2 heteroatoms. The molecular weight excluding hydrogens is 234 g/mol. The minimum atomic E-state index is 0.310. The minimum Gasteiger partial charge on any atom is -0.496 e. The molecule has 0 saturated heterocycles. The molecular formula is C17H27NO. The molecule has 1 N–H and O–H groups in total. The first-order chi connectivity index (χ1) is 8.97. The summed E-state index contributed by atoms with van der Waals surface area (Å²) in [5, 5.41) is 3.62. The van der Waals surface area contributed by atoms with Crippen LogP contribution in [0.25, 0.3) is 0 Å². The molecule has 0 amide bonds. The van der Waals surface area contributed by atoms with Crippen molar-refractivity contribution in [2.45, 2.75) is 52.0 Å². The summed E-state index contributed by atoms with van der Waals surface area (Å²) in [6.45, 7) is 9.95. The minimum absolute atomic E-state index is 0.310. The molecule has 2 rings (SSSR count). The molecule has 2 nitrogen and oxygen atoms in total. The van der Waals surface area contributed by atoms with Crippen LogP contribution in [0.5, 0.6) is 5.75 Å². The van der Waals surface area contributed by atoms with E-state index in [9.17, 15) is 0 Å². The van der Waals surface area contributed by atoms with Crippen LogP contribution < -0.4 is 10.1 Å². The molecule has 19 heavy (non-hydrogen) atoms. The van der Waals surface area contributed by atoms with Gasteiger partial charge in [0.1, 0.15) is 5.75 Å². The van der Waals surface area contributed by atoms with E-state index in [1.807, 2.05) is 0 Å². The molecule has 0 heterocycles. The maximum atomic E-state index is 5.48. The van der Waals surface area contributed by atoms with Gasteiger partial charge in [-0.1, -0.05) is 32.9 Å². The highest BCUT2D eigenvalue weighted by molar-refractivity contribution is 5.41. The van der Waals surface area contributed by atoms with Crippen molar-refractivity contribution < 1.29 is 4.74 Å². The lowest BCUT2D eigenvalue weighted by Crippen LogP contribution is -2.49. The van der Waals surface area contributed by atoms with Crippen LogP contribution in [0.15, 0.2) is 18.2 Å². The van der Waals surface area contributed by atoms with Crippen molar-refractivity contribution in [3.63, 3.8) is 0 Å². The third-order valence-corrected chi connectivity index (χ3v) is 4.35. The van der Waals surface area contributed by atoms with Crippen molar-refractivity contribution >= 4 is 0 Å². The third kappa shape index (κ3) is 2.94. The Labute approximate surface area is 117 Å². The normalized spacial score (nSPS) is 26.3. The van der Waals surface area contributed by atoms with Crippen LogP contribution in [0.1, 0.15) is 44.7 Å². The van der Waals surface area contributed by atoms with Gasteiger partial charge in [0.25, 0.3) is 0 Å². The Morgan fingerprint density at radius 2 is 2.05 bits per heavy atom. The van der Waals surface area contributed by atoms with E-state index in [2.05, 4.69) is 51.2 Å².